The lowest BCUT2D eigenvalue weighted by atomic mass is 9.98. The van der Waals surface area contributed by atoms with Crippen LogP contribution >= 0.6 is 35.3 Å². The van der Waals surface area contributed by atoms with Gasteiger partial charge in [0.05, 0.1) is 18.5 Å². The number of carbonyl (C=O) groups is 1. The van der Waals surface area contributed by atoms with Crippen LogP contribution in [-0.4, -0.2) is 39.9 Å². The minimum Gasteiger partial charge on any atom is -0.355 e. The molecule has 158 valence electrons. The van der Waals surface area contributed by atoms with Crippen LogP contribution in [0.2, 0.25) is 0 Å². The van der Waals surface area contributed by atoms with Gasteiger partial charge in [0, 0.05) is 6.54 Å². The van der Waals surface area contributed by atoms with Crippen LogP contribution in [0.5, 0.6) is 0 Å². The Morgan fingerprint density at radius 1 is 1.17 bits per heavy atom. The van der Waals surface area contributed by atoms with E-state index in [-0.39, 0.29) is 11.9 Å². The molecule has 0 bridgehead atoms. The zero-order valence-electron chi connectivity index (χ0n) is 17.2. The normalized spacial score (nSPS) is 11.2. The van der Waals surface area contributed by atoms with Gasteiger partial charge in [-0.15, -0.1) is 0 Å². The third-order valence-electron chi connectivity index (χ3n) is 4.52. The second kappa shape index (κ2) is 11.4. The fourth-order valence-electron chi connectivity index (χ4n) is 3.14. The summed E-state index contributed by atoms with van der Waals surface area (Å²) < 4.78 is 3.36. The first-order valence-corrected chi connectivity index (χ1v) is 12.1. The topological polar surface area (TPSA) is 50.2 Å². The Labute approximate surface area is 191 Å². The largest absolute Gasteiger partial charge is 0.355 e. The molecule has 0 aliphatic rings. The number of benzene rings is 2. The monoisotopic (exact) mass is 458 g/mol. The molecule has 1 heterocycles. The lowest BCUT2D eigenvalue weighted by molar-refractivity contribution is -0.118. The maximum atomic E-state index is 11.9. The van der Waals surface area contributed by atoms with E-state index >= 15 is 0 Å². The molecule has 0 unspecified atom stereocenters. The van der Waals surface area contributed by atoms with E-state index in [0.29, 0.717) is 22.9 Å². The van der Waals surface area contributed by atoms with E-state index in [4.69, 9.17) is 12.2 Å². The Morgan fingerprint density at radius 2 is 1.77 bits per heavy atom. The molecular formula is C22H26N4OS3. The zero-order valence-corrected chi connectivity index (χ0v) is 19.6. The first-order valence-electron chi connectivity index (χ1n) is 9.86. The van der Waals surface area contributed by atoms with E-state index in [1.807, 2.05) is 23.7 Å². The van der Waals surface area contributed by atoms with Gasteiger partial charge >= 0.3 is 0 Å². The van der Waals surface area contributed by atoms with Gasteiger partial charge in [0.15, 0.2) is 8.29 Å². The highest BCUT2D eigenvalue weighted by atomic mass is 32.2. The van der Waals surface area contributed by atoms with E-state index in [1.165, 1.54) is 34.2 Å². The second-order valence-electron chi connectivity index (χ2n) is 6.89. The smallest absolute Gasteiger partial charge is 0.230 e. The van der Waals surface area contributed by atoms with Gasteiger partial charge in [-0.3, -0.25) is 9.69 Å². The van der Waals surface area contributed by atoms with Gasteiger partial charge in [-0.05, 0) is 36.8 Å². The molecule has 2 aromatic carbocycles. The minimum absolute atomic E-state index is 0.0276. The van der Waals surface area contributed by atoms with Gasteiger partial charge in [-0.2, -0.15) is 5.10 Å². The number of carbonyl (C=O) groups excluding carboxylic acids is 1. The summed E-state index contributed by atoms with van der Waals surface area (Å²) in [6.07, 6.45) is 0.931. The SMILES string of the molecule is CCCNC(=O)CSc1nn(CN(C)C(c2ccccc2)c2ccccc2)c(=S)s1. The Kier molecular flexibility index (Phi) is 8.62. The highest BCUT2D eigenvalue weighted by molar-refractivity contribution is 8.01. The van der Waals surface area contributed by atoms with E-state index in [0.717, 1.165) is 10.8 Å². The van der Waals surface area contributed by atoms with Gasteiger partial charge in [-0.25, -0.2) is 4.68 Å². The maximum Gasteiger partial charge on any atom is 0.230 e. The van der Waals surface area contributed by atoms with E-state index < -0.39 is 0 Å². The first-order chi connectivity index (χ1) is 14.6. The number of rotatable bonds is 10. The quantitative estimate of drug-likeness (QED) is 0.343. The molecule has 0 saturated carbocycles. The van der Waals surface area contributed by atoms with Crippen LogP contribution in [0.1, 0.15) is 30.5 Å². The average molecular weight is 459 g/mol. The number of nitrogens with one attached hydrogen (secondary N) is 1. The number of amides is 1. The first kappa shape index (κ1) is 22.7. The van der Waals surface area contributed by atoms with Crippen molar-refractivity contribution in [3.63, 3.8) is 0 Å². The van der Waals surface area contributed by atoms with Crippen molar-refractivity contribution in [2.24, 2.45) is 0 Å². The fraction of sp³-hybridized carbons (Fsp3) is 0.318. The van der Waals surface area contributed by atoms with Crippen molar-refractivity contribution < 1.29 is 4.79 Å². The van der Waals surface area contributed by atoms with Crippen LogP contribution in [0.15, 0.2) is 65.0 Å². The van der Waals surface area contributed by atoms with Gasteiger partial charge in [0.25, 0.3) is 0 Å². The predicted molar refractivity (Wildman–Crippen MR) is 127 cm³/mol. The van der Waals surface area contributed by atoms with Gasteiger partial charge < -0.3 is 5.32 Å². The molecule has 0 aliphatic carbocycles. The lowest BCUT2D eigenvalue weighted by Crippen LogP contribution is -2.28. The molecular weight excluding hydrogens is 432 g/mol. The number of thioether (sulfide) groups is 1. The summed E-state index contributed by atoms with van der Waals surface area (Å²) in [5.41, 5.74) is 2.44. The molecule has 1 N–H and O–H groups in total. The minimum atomic E-state index is 0.0276. The summed E-state index contributed by atoms with van der Waals surface area (Å²) >= 11 is 8.42. The Balaban J connectivity index is 1.73. The van der Waals surface area contributed by atoms with Crippen molar-refractivity contribution in [2.45, 2.75) is 30.4 Å². The molecule has 1 amide bonds. The maximum absolute atomic E-state index is 11.9. The number of hydrogen-bond donors (Lipinski definition) is 1. The Bertz CT molecular complexity index is 949. The Hall–Kier alpha value is -2.00. The molecule has 0 radical (unpaired) electrons. The van der Waals surface area contributed by atoms with Crippen molar-refractivity contribution in [1.82, 2.24) is 20.0 Å². The highest BCUT2D eigenvalue weighted by Crippen LogP contribution is 2.29. The molecule has 0 aliphatic heterocycles. The van der Waals surface area contributed by atoms with Crippen LogP contribution in [0.25, 0.3) is 0 Å². The number of nitrogens with zero attached hydrogens (tertiary/aromatic N) is 3. The number of aromatic nitrogens is 2. The molecule has 5 nitrogen and oxygen atoms in total. The van der Waals surface area contributed by atoms with E-state index in [1.54, 1.807) is 0 Å². The molecule has 3 aromatic rings. The zero-order chi connectivity index (χ0) is 21.3. The highest BCUT2D eigenvalue weighted by Gasteiger charge is 2.20. The van der Waals surface area contributed by atoms with Crippen molar-refractivity contribution in [1.29, 1.82) is 0 Å². The summed E-state index contributed by atoms with van der Waals surface area (Å²) in [6.45, 7) is 3.30. The van der Waals surface area contributed by atoms with Crippen molar-refractivity contribution in [3.8, 4) is 0 Å². The standard InChI is InChI=1S/C22H26N4OS3/c1-3-14-23-19(27)15-29-21-24-26(22(28)30-21)16-25(2)20(17-10-6-4-7-11-17)18-12-8-5-9-13-18/h4-13,20H,3,14-16H2,1-2H3,(H,23,27). The fourth-order valence-corrected chi connectivity index (χ4v) is 5.29. The van der Waals surface area contributed by atoms with E-state index in [2.05, 4.69) is 70.9 Å². The third kappa shape index (κ3) is 6.25. The van der Waals surface area contributed by atoms with E-state index in [9.17, 15) is 4.79 Å². The average Bonchev–Trinajstić information content (AvgIpc) is 3.11. The molecule has 0 atom stereocenters. The van der Waals surface area contributed by atoms with Gasteiger partial charge in [0.2, 0.25) is 5.91 Å². The summed E-state index contributed by atoms with van der Waals surface area (Å²) in [5, 5.41) is 7.53. The van der Waals surface area contributed by atoms with Crippen LogP contribution in [0.4, 0.5) is 0 Å². The summed E-state index contributed by atoms with van der Waals surface area (Å²) in [5.74, 6) is 0.384. The van der Waals surface area contributed by atoms with Gasteiger partial charge in [0.1, 0.15) is 0 Å². The predicted octanol–water partition coefficient (Wildman–Crippen LogP) is 4.97. The summed E-state index contributed by atoms with van der Waals surface area (Å²) in [7, 11) is 2.08. The third-order valence-corrected chi connectivity index (χ3v) is 6.96. The summed E-state index contributed by atoms with van der Waals surface area (Å²) in [6, 6.07) is 21.0. The molecule has 0 spiro atoms. The molecule has 30 heavy (non-hydrogen) atoms. The molecule has 8 heteroatoms. The Morgan fingerprint density at radius 3 is 2.33 bits per heavy atom. The van der Waals surface area contributed by atoms with Crippen LogP contribution < -0.4 is 5.32 Å². The molecule has 3 rings (SSSR count). The van der Waals surface area contributed by atoms with Crippen molar-refractivity contribution in [3.05, 3.63) is 75.7 Å². The lowest BCUT2D eigenvalue weighted by Gasteiger charge is -2.28. The van der Waals surface area contributed by atoms with Crippen molar-refractivity contribution >= 4 is 41.2 Å². The van der Waals surface area contributed by atoms with Crippen LogP contribution in [-0.2, 0) is 11.5 Å². The van der Waals surface area contributed by atoms with Gasteiger partial charge in [-0.1, -0.05) is 90.7 Å². The molecule has 0 fully saturated rings. The van der Waals surface area contributed by atoms with Crippen molar-refractivity contribution in [2.75, 3.05) is 19.3 Å². The van der Waals surface area contributed by atoms with Crippen LogP contribution in [0, 0.1) is 3.95 Å². The second-order valence-corrected chi connectivity index (χ2v) is 9.74. The summed E-state index contributed by atoms with van der Waals surface area (Å²) in [4.78, 5) is 14.1. The van der Waals surface area contributed by atoms with Crippen LogP contribution in [0.3, 0.4) is 0 Å². The molecule has 1 aromatic heterocycles. The number of hydrogen-bond acceptors (Lipinski definition) is 6. The molecule has 0 saturated heterocycles.